The molecule has 0 bridgehead atoms. The molecular weight excluding hydrogens is 346 g/mol. The van der Waals surface area contributed by atoms with Gasteiger partial charge in [-0.05, 0) is 30.3 Å². The van der Waals surface area contributed by atoms with Crippen LogP contribution in [0.4, 0.5) is 0 Å². The Morgan fingerprint density at radius 1 is 0.920 bits per heavy atom. The van der Waals surface area contributed by atoms with Gasteiger partial charge in [0.15, 0.2) is 0 Å². The summed E-state index contributed by atoms with van der Waals surface area (Å²) in [6, 6.07) is 11.9. The van der Waals surface area contributed by atoms with Crippen molar-refractivity contribution in [2.24, 2.45) is 0 Å². The monoisotopic (exact) mass is 359 g/mol. The molecule has 0 spiro atoms. The minimum atomic E-state index is -3.95. The van der Waals surface area contributed by atoms with Gasteiger partial charge in [-0.2, -0.15) is 0 Å². The number of fused-ring (bicyclic) bond motifs is 1. The van der Waals surface area contributed by atoms with Crippen LogP contribution in [0, 0.1) is 0 Å². The first-order valence-electron chi connectivity index (χ1n) is 7.15. The number of carbonyl (C=O) groups is 3. The first-order chi connectivity index (χ1) is 11.8. The van der Waals surface area contributed by atoms with Crippen molar-refractivity contribution in [2.45, 2.75) is 4.90 Å². The fourth-order valence-electron chi connectivity index (χ4n) is 2.33. The number of rotatable bonds is 2. The van der Waals surface area contributed by atoms with E-state index in [1.54, 1.807) is 30.3 Å². The molecule has 0 saturated carbocycles. The quantitative estimate of drug-likeness (QED) is 0.760. The highest BCUT2D eigenvalue weighted by Gasteiger charge is 2.38. The van der Waals surface area contributed by atoms with Crippen LogP contribution in [0.2, 0.25) is 0 Å². The van der Waals surface area contributed by atoms with Crippen LogP contribution in [0.5, 0.6) is 0 Å². The van der Waals surface area contributed by atoms with Crippen LogP contribution < -0.4 is 10.9 Å². The molecule has 3 rings (SSSR count). The number of nitrogens with zero attached hydrogens (tertiary/aromatic N) is 1. The number of amides is 3. The van der Waals surface area contributed by atoms with Gasteiger partial charge >= 0.3 is 0 Å². The number of hydrazine groups is 1. The fraction of sp³-hybridized carbons (Fsp3) is 0.0625. The Balaban J connectivity index is 1.78. The molecule has 25 heavy (non-hydrogen) atoms. The summed E-state index contributed by atoms with van der Waals surface area (Å²) in [5.41, 5.74) is 4.80. The standard InChI is InChI=1S/C16H13N3O5S/c1-19-16(22)12-8-7-11(9-13(12)25(19,23)24)15(21)18-17-14(20)10-5-3-2-4-6-10/h2-9H,1H3,(H,17,20)(H,18,21). The van der Waals surface area contributed by atoms with E-state index in [1.807, 2.05) is 0 Å². The summed E-state index contributed by atoms with van der Waals surface area (Å²) in [4.78, 5) is 35.6. The molecule has 1 aliphatic heterocycles. The molecule has 1 heterocycles. The lowest BCUT2D eigenvalue weighted by Crippen LogP contribution is -2.41. The van der Waals surface area contributed by atoms with Gasteiger partial charge in [0.1, 0.15) is 4.90 Å². The van der Waals surface area contributed by atoms with E-state index >= 15 is 0 Å². The van der Waals surface area contributed by atoms with E-state index in [9.17, 15) is 22.8 Å². The summed E-state index contributed by atoms with van der Waals surface area (Å²) in [5.74, 6) is -1.87. The molecule has 0 atom stereocenters. The van der Waals surface area contributed by atoms with Gasteiger partial charge in [0.25, 0.3) is 27.7 Å². The van der Waals surface area contributed by atoms with Crippen LogP contribution in [-0.4, -0.2) is 37.5 Å². The highest BCUT2D eigenvalue weighted by atomic mass is 32.2. The zero-order valence-corrected chi connectivity index (χ0v) is 13.8. The van der Waals surface area contributed by atoms with Crippen molar-refractivity contribution in [3.05, 3.63) is 65.2 Å². The lowest BCUT2D eigenvalue weighted by atomic mass is 10.1. The Morgan fingerprint density at radius 3 is 2.16 bits per heavy atom. The average molecular weight is 359 g/mol. The molecule has 0 radical (unpaired) electrons. The van der Waals surface area contributed by atoms with Gasteiger partial charge in [0.2, 0.25) is 0 Å². The van der Waals surface area contributed by atoms with E-state index in [4.69, 9.17) is 0 Å². The highest BCUT2D eigenvalue weighted by molar-refractivity contribution is 7.90. The molecule has 128 valence electrons. The maximum Gasteiger partial charge on any atom is 0.269 e. The van der Waals surface area contributed by atoms with Gasteiger partial charge in [-0.25, -0.2) is 12.7 Å². The number of carbonyl (C=O) groups excluding carboxylic acids is 3. The zero-order valence-electron chi connectivity index (χ0n) is 13.0. The second-order valence-electron chi connectivity index (χ2n) is 5.26. The largest absolute Gasteiger partial charge is 0.269 e. The van der Waals surface area contributed by atoms with E-state index < -0.39 is 27.7 Å². The second-order valence-corrected chi connectivity index (χ2v) is 7.20. The number of hydrogen-bond donors (Lipinski definition) is 2. The minimum absolute atomic E-state index is 0.00112. The van der Waals surface area contributed by atoms with Gasteiger partial charge in [0, 0.05) is 18.2 Å². The maximum absolute atomic E-state index is 12.1. The van der Waals surface area contributed by atoms with Gasteiger partial charge in [-0.15, -0.1) is 0 Å². The average Bonchev–Trinajstić information content (AvgIpc) is 2.80. The Morgan fingerprint density at radius 2 is 1.52 bits per heavy atom. The molecule has 0 aliphatic carbocycles. The summed E-state index contributed by atoms with van der Waals surface area (Å²) in [5, 5.41) is 0. The maximum atomic E-state index is 12.1. The van der Waals surface area contributed by atoms with E-state index in [0.717, 1.165) is 13.1 Å². The topological polar surface area (TPSA) is 113 Å². The third kappa shape index (κ3) is 2.85. The van der Waals surface area contributed by atoms with E-state index in [1.165, 1.54) is 12.1 Å². The molecule has 2 N–H and O–H groups in total. The first-order valence-corrected chi connectivity index (χ1v) is 8.59. The van der Waals surface area contributed by atoms with Crippen molar-refractivity contribution in [3.63, 3.8) is 0 Å². The predicted octanol–water partition coefficient (Wildman–Crippen LogP) is 0.536. The van der Waals surface area contributed by atoms with Crippen molar-refractivity contribution >= 4 is 27.7 Å². The molecule has 1 aliphatic rings. The number of nitrogens with one attached hydrogen (secondary N) is 2. The van der Waals surface area contributed by atoms with E-state index in [-0.39, 0.29) is 16.0 Å². The Labute approximate surface area is 143 Å². The normalized spacial score (nSPS) is 14.8. The summed E-state index contributed by atoms with van der Waals surface area (Å²) in [7, 11) is -2.80. The molecule has 2 aromatic carbocycles. The Hall–Kier alpha value is -3.20. The van der Waals surface area contributed by atoms with E-state index in [2.05, 4.69) is 10.9 Å². The minimum Gasteiger partial charge on any atom is -0.268 e. The highest BCUT2D eigenvalue weighted by Crippen LogP contribution is 2.29. The second kappa shape index (κ2) is 6.02. The van der Waals surface area contributed by atoms with Crippen LogP contribution in [0.3, 0.4) is 0 Å². The Bertz CT molecular complexity index is 986. The van der Waals surface area contributed by atoms with Crippen LogP contribution >= 0.6 is 0 Å². The molecule has 0 saturated heterocycles. The summed E-state index contributed by atoms with van der Waals surface area (Å²) < 4.78 is 24.9. The lowest BCUT2D eigenvalue weighted by Gasteiger charge is -2.08. The molecule has 0 unspecified atom stereocenters. The molecule has 0 aromatic heterocycles. The van der Waals surface area contributed by atoms with Crippen LogP contribution in [0.25, 0.3) is 0 Å². The number of hydrogen-bond acceptors (Lipinski definition) is 5. The van der Waals surface area contributed by atoms with Crippen molar-refractivity contribution in [1.82, 2.24) is 15.2 Å². The van der Waals surface area contributed by atoms with Gasteiger partial charge in [-0.3, -0.25) is 25.2 Å². The van der Waals surface area contributed by atoms with Crippen LogP contribution in [0.1, 0.15) is 31.1 Å². The molecule has 0 fully saturated rings. The van der Waals surface area contributed by atoms with Gasteiger partial charge < -0.3 is 0 Å². The fourth-order valence-corrected chi connectivity index (χ4v) is 3.65. The molecule has 8 nitrogen and oxygen atoms in total. The third-order valence-electron chi connectivity index (χ3n) is 3.72. The molecule has 2 aromatic rings. The number of sulfonamides is 1. The third-order valence-corrected chi connectivity index (χ3v) is 5.50. The van der Waals surface area contributed by atoms with Crippen LogP contribution in [-0.2, 0) is 10.0 Å². The van der Waals surface area contributed by atoms with Crippen molar-refractivity contribution < 1.29 is 22.8 Å². The Kier molecular flexibility index (Phi) is 4.01. The predicted molar refractivity (Wildman–Crippen MR) is 87.1 cm³/mol. The lowest BCUT2D eigenvalue weighted by molar-refractivity contribution is 0.0846. The van der Waals surface area contributed by atoms with Crippen LogP contribution in [0.15, 0.2) is 53.4 Å². The zero-order chi connectivity index (χ0) is 18.2. The smallest absolute Gasteiger partial charge is 0.268 e. The number of benzene rings is 2. The van der Waals surface area contributed by atoms with Gasteiger partial charge in [-0.1, -0.05) is 18.2 Å². The van der Waals surface area contributed by atoms with Gasteiger partial charge in [0.05, 0.1) is 5.56 Å². The summed E-state index contributed by atoms with van der Waals surface area (Å²) in [6.45, 7) is 0. The SMILES string of the molecule is CN1C(=O)c2ccc(C(=O)NNC(=O)c3ccccc3)cc2S1(=O)=O. The summed E-state index contributed by atoms with van der Waals surface area (Å²) >= 11 is 0. The first kappa shape index (κ1) is 16.7. The molecule has 3 amide bonds. The molecule has 9 heteroatoms. The summed E-state index contributed by atoms with van der Waals surface area (Å²) in [6.07, 6.45) is 0. The van der Waals surface area contributed by atoms with Crippen molar-refractivity contribution in [1.29, 1.82) is 0 Å². The molecular formula is C16H13N3O5S. The van der Waals surface area contributed by atoms with Crippen molar-refractivity contribution in [2.75, 3.05) is 7.05 Å². The van der Waals surface area contributed by atoms with Crippen molar-refractivity contribution in [3.8, 4) is 0 Å². The van der Waals surface area contributed by atoms with E-state index in [0.29, 0.717) is 9.87 Å².